The normalized spacial score (nSPS) is 23.0. The minimum absolute atomic E-state index is 0.0198. The molecule has 1 aliphatic rings. The standard InChI is InChI=1S/C13H19N3O2S/c1-2-19-10-5-3-4-9(6-10)16-12-8-14-11(7-15-12)13(17)18/h7-10H,2-6H2,1H3,(H,15,16)(H,17,18). The zero-order valence-corrected chi connectivity index (χ0v) is 11.8. The van der Waals surface area contributed by atoms with Crippen molar-refractivity contribution in [2.75, 3.05) is 11.1 Å². The van der Waals surface area contributed by atoms with Gasteiger partial charge in [0, 0.05) is 11.3 Å². The van der Waals surface area contributed by atoms with Crippen LogP contribution in [0.15, 0.2) is 12.4 Å². The first kappa shape index (κ1) is 14.1. The topological polar surface area (TPSA) is 75.1 Å². The highest BCUT2D eigenvalue weighted by Crippen LogP contribution is 2.29. The van der Waals surface area contributed by atoms with Gasteiger partial charge in [0.1, 0.15) is 5.82 Å². The van der Waals surface area contributed by atoms with Gasteiger partial charge in [0.15, 0.2) is 5.69 Å². The molecule has 1 aromatic rings. The first-order valence-corrected chi connectivity index (χ1v) is 7.67. The fraction of sp³-hybridized carbons (Fsp3) is 0.615. The van der Waals surface area contributed by atoms with E-state index in [9.17, 15) is 4.79 Å². The lowest BCUT2D eigenvalue weighted by atomic mass is 9.95. The summed E-state index contributed by atoms with van der Waals surface area (Å²) >= 11 is 2.02. The van der Waals surface area contributed by atoms with Crippen LogP contribution in [0.3, 0.4) is 0 Å². The van der Waals surface area contributed by atoms with Crippen molar-refractivity contribution >= 4 is 23.5 Å². The first-order chi connectivity index (χ1) is 9.19. The number of thioether (sulfide) groups is 1. The molecule has 2 N–H and O–H groups in total. The number of carboxylic acid groups (broad SMARTS) is 1. The number of nitrogens with one attached hydrogen (secondary N) is 1. The zero-order chi connectivity index (χ0) is 13.7. The molecular weight excluding hydrogens is 262 g/mol. The van der Waals surface area contributed by atoms with Gasteiger partial charge in [0.25, 0.3) is 0 Å². The molecule has 2 atom stereocenters. The molecule has 1 aliphatic carbocycles. The van der Waals surface area contributed by atoms with Crippen LogP contribution < -0.4 is 5.32 Å². The maximum Gasteiger partial charge on any atom is 0.356 e. The van der Waals surface area contributed by atoms with Crippen molar-refractivity contribution in [1.29, 1.82) is 0 Å². The van der Waals surface area contributed by atoms with Crippen molar-refractivity contribution in [2.45, 2.75) is 43.9 Å². The van der Waals surface area contributed by atoms with Crippen LogP contribution in [0.5, 0.6) is 0 Å². The van der Waals surface area contributed by atoms with Gasteiger partial charge in [0.2, 0.25) is 0 Å². The minimum Gasteiger partial charge on any atom is -0.476 e. The highest BCUT2D eigenvalue weighted by Gasteiger charge is 2.22. The molecule has 6 heteroatoms. The lowest BCUT2D eigenvalue weighted by Crippen LogP contribution is -2.29. The van der Waals surface area contributed by atoms with Crippen molar-refractivity contribution in [1.82, 2.24) is 9.97 Å². The Labute approximate surface area is 117 Å². The van der Waals surface area contributed by atoms with E-state index < -0.39 is 5.97 Å². The smallest absolute Gasteiger partial charge is 0.356 e. The van der Waals surface area contributed by atoms with Crippen LogP contribution >= 0.6 is 11.8 Å². The molecule has 19 heavy (non-hydrogen) atoms. The summed E-state index contributed by atoms with van der Waals surface area (Å²) in [6.45, 7) is 2.19. The van der Waals surface area contributed by atoms with Crippen molar-refractivity contribution in [3.8, 4) is 0 Å². The largest absolute Gasteiger partial charge is 0.476 e. The maximum atomic E-state index is 10.7. The second-order valence-electron chi connectivity index (χ2n) is 4.68. The average Bonchev–Trinajstić information content (AvgIpc) is 2.40. The van der Waals surface area contributed by atoms with Gasteiger partial charge < -0.3 is 10.4 Å². The summed E-state index contributed by atoms with van der Waals surface area (Å²) in [4.78, 5) is 18.7. The Morgan fingerprint density at radius 1 is 1.47 bits per heavy atom. The predicted molar refractivity (Wildman–Crippen MR) is 76.8 cm³/mol. The number of anilines is 1. The molecule has 0 aromatic carbocycles. The van der Waals surface area contributed by atoms with E-state index in [-0.39, 0.29) is 5.69 Å². The molecule has 1 saturated carbocycles. The third-order valence-corrected chi connectivity index (χ3v) is 4.48. The fourth-order valence-electron chi connectivity index (χ4n) is 2.39. The van der Waals surface area contributed by atoms with Crippen LogP contribution in [0.4, 0.5) is 5.82 Å². The Balaban J connectivity index is 1.91. The summed E-state index contributed by atoms with van der Waals surface area (Å²) in [7, 11) is 0. The number of carboxylic acids is 1. The van der Waals surface area contributed by atoms with Crippen LogP contribution in [0.2, 0.25) is 0 Å². The molecule has 0 aliphatic heterocycles. The Morgan fingerprint density at radius 2 is 2.32 bits per heavy atom. The summed E-state index contributed by atoms with van der Waals surface area (Å²) < 4.78 is 0. The van der Waals surface area contributed by atoms with E-state index in [0.717, 1.165) is 23.8 Å². The molecule has 1 heterocycles. The molecular formula is C13H19N3O2S. The molecule has 0 saturated heterocycles. The Kier molecular flexibility index (Phi) is 5.01. The van der Waals surface area contributed by atoms with Gasteiger partial charge in [-0.2, -0.15) is 11.8 Å². The predicted octanol–water partition coefficient (Wildman–Crippen LogP) is 2.65. The zero-order valence-electron chi connectivity index (χ0n) is 11.0. The quantitative estimate of drug-likeness (QED) is 0.864. The maximum absolute atomic E-state index is 10.7. The number of nitrogens with zero attached hydrogens (tertiary/aromatic N) is 2. The molecule has 2 unspecified atom stereocenters. The summed E-state index contributed by atoms with van der Waals surface area (Å²) in [5.74, 6) is 0.776. The Hall–Kier alpha value is -1.30. The molecule has 0 bridgehead atoms. The molecule has 1 fully saturated rings. The highest BCUT2D eigenvalue weighted by molar-refractivity contribution is 7.99. The second kappa shape index (κ2) is 6.75. The van der Waals surface area contributed by atoms with Crippen LogP contribution in [-0.4, -0.2) is 38.1 Å². The molecule has 0 amide bonds. The van der Waals surface area contributed by atoms with Crippen LogP contribution in [-0.2, 0) is 0 Å². The van der Waals surface area contributed by atoms with Gasteiger partial charge in [-0.25, -0.2) is 14.8 Å². The number of hydrogen-bond donors (Lipinski definition) is 2. The number of rotatable bonds is 5. The van der Waals surface area contributed by atoms with E-state index in [4.69, 9.17) is 5.11 Å². The van der Waals surface area contributed by atoms with E-state index in [1.54, 1.807) is 0 Å². The van der Waals surface area contributed by atoms with Crippen LogP contribution in [0.1, 0.15) is 43.1 Å². The molecule has 1 aromatic heterocycles. The summed E-state index contributed by atoms with van der Waals surface area (Å²) in [5.41, 5.74) is -0.0198. The number of aromatic carboxylic acids is 1. The third kappa shape index (κ3) is 4.09. The summed E-state index contributed by atoms with van der Waals surface area (Å²) in [6, 6.07) is 0.419. The lowest BCUT2D eigenvalue weighted by Gasteiger charge is -2.29. The molecule has 104 valence electrons. The number of hydrogen-bond acceptors (Lipinski definition) is 5. The minimum atomic E-state index is -1.05. The van der Waals surface area contributed by atoms with E-state index in [0.29, 0.717) is 11.9 Å². The third-order valence-electron chi connectivity index (χ3n) is 3.25. The molecule has 0 spiro atoms. The first-order valence-electron chi connectivity index (χ1n) is 6.62. The van der Waals surface area contributed by atoms with Crippen molar-refractivity contribution in [3.05, 3.63) is 18.1 Å². The number of carbonyl (C=O) groups is 1. The SMILES string of the molecule is CCSC1CCCC(Nc2cnc(C(=O)O)cn2)C1. The van der Waals surface area contributed by atoms with Crippen molar-refractivity contribution < 1.29 is 9.90 Å². The van der Waals surface area contributed by atoms with Gasteiger partial charge in [-0.1, -0.05) is 13.3 Å². The van der Waals surface area contributed by atoms with E-state index in [1.807, 2.05) is 11.8 Å². The van der Waals surface area contributed by atoms with Gasteiger partial charge >= 0.3 is 5.97 Å². The lowest BCUT2D eigenvalue weighted by molar-refractivity contribution is 0.0690. The molecule has 0 radical (unpaired) electrons. The molecule has 5 nitrogen and oxygen atoms in total. The van der Waals surface area contributed by atoms with E-state index in [1.165, 1.54) is 25.2 Å². The highest BCUT2D eigenvalue weighted by atomic mass is 32.2. The monoisotopic (exact) mass is 281 g/mol. The second-order valence-corrected chi connectivity index (χ2v) is 6.25. The summed E-state index contributed by atoms with van der Waals surface area (Å²) in [5, 5.41) is 12.8. The van der Waals surface area contributed by atoms with Gasteiger partial charge in [-0.3, -0.25) is 0 Å². The van der Waals surface area contributed by atoms with Crippen LogP contribution in [0, 0.1) is 0 Å². The van der Waals surface area contributed by atoms with Gasteiger partial charge in [-0.05, 0) is 25.0 Å². The van der Waals surface area contributed by atoms with Crippen molar-refractivity contribution in [3.63, 3.8) is 0 Å². The fourth-order valence-corrected chi connectivity index (χ4v) is 3.56. The van der Waals surface area contributed by atoms with Gasteiger partial charge in [0.05, 0.1) is 12.4 Å². The average molecular weight is 281 g/mol. The van der Waals surface area contributed by atoms with Gasteiger partial charge in [-0.15, -0.1) is 0 Å². The Morgan fingerprint density at radius 3 is 2.95 bits per heavy atom. The molecule has 2 rings (SSSR count). The van der Waals surface area contributed by atoms with Crippen LogP contribution in [0.25, 0.3) is 0 Å². The Bertz CT molecular complexity index is 422. The van der Waals surface area contributed by atoms with E-state index in [2.05, 4.69) is 22.2 Å². The number of aromatic nitrogens is 2. The summed E-state index contributed by atoms with van der Waals surface area (Å²) in [6.07, 6.45) is 7.60. The van der Waals surface area contributed by atoms with E-state index >= 15 is 0 Å². The van der Waals surface area contributed by atoms with Crippen molar-refractivity contribution in [2.24, 2.45) is 0 Å².